The van der Waals surface area contributed by atoms with Crippen molar-refractivity contribution in [3.63, 3.8) is 0 Å². The zero-order valence-corrected chi connectivity index (χ0v) is 7.90. The number of benzene rings is 1. The third kappa shape index (κ3) is 2.23. The Bertz CT molecular complexity index is 367. The van der Waals surface area contributed by atoms with Crippen molar-refractivity contribution in [1.82, 2.24) is 0 Å². The molecule has 0 spiro atoms. The quantitative estimate of drug-likeness (QED) is 0.840. The molecular formula is C10H10F3NO. The molecular weight excluding hydrogens is 207 g/mol. The van der Waals surface area contributed by atoms with Gasteiger partial charge in [-0.1, -0.05) is 0 Å². The molecule has 1 aliphatic carbocycles. The van der Waals surface area contributed by atoms with Crippen LogP contribution in [0, 0.1) is 17.5 Å². The summed E-state index contributed by atoms with van der Waals surface area (Å²) >= 11 is 0. The first-order valence-corrected chi connectivity index (χ1v) is 4.56. The molecule has 0 bridgehead atoms. The molecule has 0 unspecified atom stereocenters. The van der Waals surface area contributed by atoms with Crippen molar-refractivity contribution in [2.75, 3.05) is 6.61 Å². The van der Waals surface area contributed by atoms with Crippen LogP contribution in [0.1, 0.15) is 12.8 Å². The summed E-state index contributed by atoms with van der Waals surface area (Å²) in [6, 6.07) is 1.16. The van der Waals surface area contributed by atoms with E-state index in [1.54, 1.807) is 0 Å². The highest BCUT2D eigenvalue weighted by Gasteiger charge is 2.39. The van der Waals surface area contributed by atoms with E-state index in [9.17, 15) is 13.2 Å². The first-order chi connectivity index (χ1) is 7.00. The van der Waals surface area contributed by atoms with Gasteiger partial charge in [0, 0.05) is 12.1 Å². The van der Waals surface area contributed by atoms with E-state index in [-0.39, 0.29) is 6.61 Å². The largest absolute Gasteiger partial charge is 0.486 e. The summed E-state index contributed by atoms with van der Waals surface area (Å²) in [4.78, 5) is 0. The zero-order chi connectivity index (χ0) is 11.1. The summed E-state index contributed by atoms with van der Waals surface area (Å²) in [5.41, 5.74) is 5.22. The molecule has 0 amide bonds. The average molecular weight is 217 g/mol. The van der Waals surface area contributed by atoms with Gasteiger partial charge in [-0.05, 0) is 12.8 Å². The molecule has 0 heterocycles. The van der Waals surface area contributed by atoms with E-state index in [1.807, 2.05) is 0 Å². The molecule has 1 fully saturated rings. The summed E-state index contributed by atoms with van der Waals surface area (Å²) in [6.45, 7) is 0.0481. The van der Waals surface area contributed by atoms with Crippen LogP contribution < -0.4 is 10.5 Å². The normalized spacial score (nSPS) is 17.6. The molecule has 0 atom stereocenters. The van der Waals surface area contributed by atoms with Gasteiger partial charge in [0.1, 0.15) is 12.4 Å². The maximum atomic E-state index is 13.1. The number of nitrogens with two attached hydrogens (primary N) is 1. The minimum atomic E-state index is -1.04. The minimum absolute atomic E-state index is 0.0481. The van der Waals surface area contributed by atoms with Gasteiger partial charge in [0.2, 0.25) is 0 Å². The van der Waals surface area contributed by atoms with Crippen LogP contribution in [0.2, 0.25) is 0 Å². The lowest BCUT2D eigenvalue weighted by Crippen LogP contribution is -2.30. The molecule has 2 rings (SSSR count). The van der Waals surface area contributed by atoms with Gasteiger partial charge in [-0.25, -0.2) is 13.2 Å². The van der Waals surface area contributed by atoms with Crippen LogP contribution in [0.5, 0.6) is 5.75 Å². The summed E-state index contributed by atoms with van der Waals surface area (Å²) in [6.07, 6.45) is 1.55. The SMILES string of the molecule is NC1(COc2c(F)cc(F)cc2F)CC1. The Kier molecular flexibility index (Phi) is 2.34. The molecule has 0 aromatic heterocycles. The Balaban J connectivity index is 2.13. The number of halogens is 3. The first-order valence-electron chi connectivity index (χ1n) is 4.56. The molecule has 1 aromatic carbocycles. The van der Waals surface area contributed by atoms with E-state index < -0.39 is 28.7 Å². The molecule has 82 valence electrons. The fourth-order valence-electron chi connectivity index (χ4n) is 1.19. The van der Waals surface area contributed by atoms with Crippen LogP contribution in [0.15, 0.2) is 12.1 Å². The van der Waals surface area contributed by atoms with Gasteiger partial charge in [0.05, 0.1) is 5.54 Å². The second-order valence-corrected chi connectivity index (χ2v) is 3.85. The lowest BCUT2D eigenvalue weighted by molar-refractivity contribution is 0.253. The van der Waals surface area contributed by atoms with Crippen LogP contribution in [-0.2, 0) is 0 Å². The minimum Gasteiger partial charge on any atom is -0.486 e. The molecule has 1 aromatic rings. The van der Waals surface area contributed by atoms with Crippen LogP contribution in [-0.4, -0.2) is 12.1 Å². The Morgan fingerprint density at radius 3 is 2.20 bits per heavy atom. The lowest BCUT2D eigenvalue weighted by Gasteiger charge is -2.12. The van der Waals surface area contributed by atoms with Crippen molar-refractivity contribution in [3.8, 4) is 5.75 Å². The summed E-state index contributed by atoms with van der Waals surface area (Å²) in [5, 5.41) is 0. The topological polar surface area (TPSA) is 35.2 Å². The summed E-state index contributed by atoms with van der Waals surface area (Å²) < 4.78 is 43.6. The molecule has 2 N–H and O–H groups in total. The molecule has 1 saturated carbocycles. The van der Waals surface area contributed by atoms with E-state index in [4.69, 9.17) is 10.5 Å². The fourth-order valence-corrected chi connectivity index (χ4v) is 1.19. The van der Waals surface area contributed by atoms with Gasteiger partial charge in [0.15, 0.2) is 17.4 Å². The molecule has 1 aliphatic rings. The van der Waals surface area contributed by atoms with Gasteiger partial charge in [-0.15, -0.1) is 0 Å². The third-order valence-corrected chi connectivity index (χ3v) is 2.36. The Morgan fingerprint density at radius 2 is 1.73 bits per heavy atom. The summed E-state index contributed by atoms with van der Waals surface area (Å²) in [7, 11) is 0. The molecule has 5 heteroatoms. The predicted octanol–water partition coefficient (Wildman–Crippen LogP) is 1.97. The monoisotopic (exact) mass is 217 g/mol. The number of hydrogen-bond donors (Lipinski definition) is 1. The number of rotatable bonds is 3. The molecule has 0 saturated heterocycles. The van der Waals surface area contributed by atoms with Crippen molar-refractivity contribution in [2.45, 2.75) is 18.4 Å². The highest BCUT2D eigenvalue weighted by atomic mass is 19.1. The van der Waals surface area contributed by atoms with Crippen molar-refractivity contribution >= 4 is 0 Å². The second-order valence-electron chi connectivity index (χ2n) is 3.85. The predicted molar refractivity (Wildman–Crippen MR) is 48.0 cm³/mol. The standard InChI is InChI=1S/C10H10F3NO/c11-6-3-7(12)9(8(13)4-6)15-5-10(14)1-2-10/h3-4H,1-2,5,14H2. The molecule has 0 aliphatic heterocycles. The van der Waals surface area contributed by atoms with Gasteiger partial charge < -0.3 is 10.5 Å². The van der Waals surface area contributed by atoms with Crippen LogP contribution in [0.4, 0.5) is 13.2 Å². The van der Waals surface area contributed by atoms with Gasteiger partial charge in [-0.2, -0.15) is 0 Å². The smallest absolute Gasteiger partial charge is 0.190 e. The van der Waals surface area contributed by atoms with Crippen molar-refractivity contribution in [3.05, 3.63) is 29.6 Å². The fraction of sp³-hybridized carbons (Fsp3) is 0.400. The van der Waals surface area contributed by atoms with E-state index in [1.165, 1.54) is 0 Å². The Morgan fingerprint density at radius 1 is 1.20 bits per heavy atom. The van der Waals surface area contributed by atoms with Crippen molar-refractivity contribution in [2.24, 2.45) is 5.73 Å². The maximum absolute atomic E-state index is 13.1. The molecule has 0 radical (unpaired) electrons. The zero-order valence-electron chi connectivity index (χ0n) is 7.90. The van der Waals surface area contributed by atoms with E-state index >= 15 is 0 Å². The van der Waals surface area contributed by atoms with E-state index in [0.717, 1.165) is 12.8 Å². The molecule has 15 heavy (non-hydrogen) atoms. The average Bonchev–Trinajstić information content (AvgIpc) is 2.82. The van der Waals surface area contributed by atoms with Gasteiger partial charge >= 0.3 is 0 Å². The third-order valence-electron chi connectivity index (χ3n) is 2.36. The molecule has 2 nitrogen and oxygen atoms in total. The Labute approximate surface area is 84.8 Å². The highest BCUT2D eigenvalue weighted by molar-refractivity contribution is 5.27. The first kappa shape index (κ1) is 10.3. The second kappa shape index (κ2) is 3.41. The van der Waals surface area contributed by atoms with E-state index in [2.05, 4.69) is 0 Å². The van der Waals surface area contributed by atoms with Crippen LogP contribution in [0.3, 0.4) is 0 Å². The maximum Gasteiger partial charge on any atom is 0.190 e. The van der Waals surface area contributed by atoms with E-state index in [0.29, 0.717) is 12.1 Å². The van der Waals surface area contributed by atoms with Gasteiger partial charge in [-0.3, -0.25) is 0 Å². The van der Waals surface area contributed by atoms with Crippen molar-refractivity contribution in [1.29, 1.82) is 0 Å². The summed E-state index contributed by atoms with van der Waals surface area (Å²) in [5.74, 6) is -3.62. The van der Waals surface area contributed by atoms with Crippen LogP contribution in [0.25, 0.3) is 0 Å². The van der Waals surface area contributed by atoms with Crippen molar-refractivity contribution < 1.29 is 17.9 Å². The van der Waals surface area contributed by atoms with Crippen LogP contribution >= 0.6 is 0 Å². The number of ether oxygens (including phenoxy) is 1. The highest BCUT2D eigenvalue weighted by Crippen LogP contribution is 2.33. The number of hydrogen-bond acceptors (Lipinski definition) is 2. The lowest BCUT2D eigenvalue weighted by atomic mass is 10.3. The van der Waals surface area contributed by atoms with Gasteiger partial charge in [0.25, 0.3) is 0 Å². The Hall–Kier alpha value is -1.23.